The molecule has 0 radical (unpaired) electrons. The molecule has 7 nitrogen and oxygen atoms in total. The van der Waals surface area contributed by atoms with Gasteiger partial charge < -0.3 is 25.9 Å². The summed E-state index contributed by atoms with van der Waals surface area (Å²) in [5, 5.41) is 11.9. The van der Waals surface area contributed by atoms with Crippen LogP contribution in [0.15, 0.2) is 78.9 Å². The summed E-state index contributed by atoms with van der Waals surface area (Å²) >= 11 is 0. The molecule has 0 spiro atoms. The van der Waals surface area contributed by atoms with Gasteiger partial charge in [-0.1, -0.05) is 36.4 Å². The maximum atomic E-state index is 7.68. The van der Waals surface area contributed by atoms with Gasteiger partial charge in [-0.15, -0.1) is 0 Å². The average molecular weight is 504 g/mol. The van der Waals surface area contributed by atoms with Crippen molar-refractivity contribution in [1.82, 2.24) is 9.97 Å². The average Bonchev–Trinajstić information content (AvgIpc) is 2.94. The third-order valence-corrected chi connectivity index (χ3v) is 6.23. The van der Waals surface area contributed by atoms with Gasteiger partial charge in [-0.2, -0.15) is 0 Å². The van der Waals surface area contributed by atoms with E-state index in [0.29, 0.717) is 46.5 Å². The molecule has 0 aliphatic heterocycles. The summed E-state index contributed by atoms with van der Waals surface area (Å²) in [5.74, 6) is 2.40. The molecule has 5 aromatic rings. The lowest BCUT2D eigenvalue weighted by atomic mass is 10.00. The number of nitrogens with two attached hydrogens (primary N) is 1. The van der Waals surface area contributed by atoms with Gasteiger partial charge in [-0.05, 0) is 66.9 Å². The maximum absolute atomic E-state index is 7.68. The van der Waals surface area contributed by atoms with Gasteiger partial charge in [0.25, 0.3) is 0 Å². The van der Waals surface area contributed by atoms with Crippen LogP contribution in [0, 0.1) is 12.3 Å². The number of methoxy groups -OCH3 is 1. The molecular weight excluding hydrogens is 474 g/mol. The van der Waals surface area contributed by atoms with Crippen molar-refractivity contribution in [2.45, 2.75) is 13.8 Å². The number of fused-ring (bicyclic) bond motifs is 1. The fourth-order valence-corrected chi connectivity index (χ4v) is 4.41. The first-order chi connectivity index (χ1) is 18.5. The van der Waals surface area contributed by atoms with Crippen molar-refractivity contribution in [1.29, 1.82) is 5.41 Å². The third kappa shape index (κ3) is 4.99. The zero-order valence-corrected chi connectivity index (χ0v) is 21.6. The molecule has 4 aromatic carbocycles. The smallest absolute Gasteiger partial charge is 0.162 e. The van der Waals surface area contributed by atoms with Gasteiger partial charge in [0.15, 0.2) is 17.3 Å². The quantitative estimate of drug-likeness (QED) is 0.155. The highest BCUT2D eigenvalue weighted by Crippen LogP contribution is 2.37. The summed E-state index contributed by atoms with van der Waals surface area (Å²) in [6.45, 7) is 4.49. The minimum absolute atomic E-state index is 0.496. The fourth-order valence-electron chi connectivity index (χ4n) is 4.41. The molecule has 0 amide bonds. The van der Waals surface area contributed by atoms with E-state index in [0.717, 1.165) is 33.3 Å². The summed E-state index contributed by atoms with van der Waals surface area (Å²) < 4.78 is 11.4. The SMILES string of the molecule is CCOc1cc2c(Nc3ccc(N)c(C=N)c3)nc(-c3cc(C)cc(-c4ccccc4)c3)nc2cc1OC. The largest absolute Gasteiger partial charge is 0.493 e. The monoisotopic (exact) mass is 503 g/mol. The number of hydrogen-bond acceptors (Lipinski definition) is 7. The minimum atomic E-state index is 0.496. The number of rotatable bonds is 8. The number of nitrogens with zero attached hydrogens (tertiary/aromatic N) is 2. The molecule has 1 heterocycles. The van der Waals surface area contributed by atoms with E-state index in [-0.39, 0.29) is 0 Å². The predicted molar refractivity (Wildman–Crippen MR) is 155 cm³/mol. The normalized spacial score (nSPS) is 10.8. The second-order valence-electron chi connectivity index (χ2n) is 8.92. The number of nitrogen functional groups attached to an aromatic ring is 1. The molecule has 7 heteroatoms. The molecule has 0 atom stereocenters. The molecular formula is C31H29N5O2. The number of hydrogen-bond donors (Lipinski definition) is 3. The number of nitrogens with one attached hydrogen (secondary N) is 2. The molecule has 190 valence electrons. The van der Waals surface area contributed by atoms with E-state index in [4.69, 9.17) is 30.6 Å². The first-order valence-corrected chi connectivity index (χ1v) is 12.4. The van der Waals surface area contributed by atoms with Gasteiger partial charge in [0, 0.05) is 40.2 Å². The van der Waals surface area contributed by atoms with Gasteiger partial charge in [0.05, 0.1) is 19.2 Å². The van der Waals surface area contributed by atoms with Crippen LogP contribution in [0.4, 0.5) is 17.2 Å². The van der Waals surface area contributed by atoms with E-state index >= 15 is 0 Å². The molecule has 0 saturated carbocycles. The molecule has 4 N–H and O–H groups in total. The Balaban J connectivity index is 1.70. The molecule has 0 aliphatic carbocycles. The predicted octanol–water partition coefficient (Wildman–Crippen LogP) is 7.00. The summed E-state index contributed by atoms with van der Waals surface area (Å²) in [6, 6.07) is 25.8. The van der Waals surface area contributed by atoms with Crippen LogP contribution in [-0.4, -0.2) is 29.9 Å². The Bertz CT molecular complexity index is 1630. The van der Waals surface area contributed by atoms with Crippen molar-refractivity contribution in [3.63, 3.8) is 0 Å². The zero-order valence-electron chi connectivity index (χ0n) is 21.6. The second-order valence-corrected chi connectivity index (χ2v) is 8.92. The van der Waals surface area contributed by atoms with Gasteiger partial charge in [0.1, 0.15) is 5.82 Å². The van der Waals surface area contributed by atoms with Crippen molar-refractivity contribution in [3.05, 3.63) is 90.0 Å². The summed E-state index contributed by atoms with van der Waals surface area (Å²) in [6.07, 6.45) is 1.24. The highest BCUT2D eigenvalue weighted by Gasteiger charge is 2.16. The lowest BCUT2D eigenvalue weighted by Gasteiger charge is -2.16. The highest BCUT2D eigenvalue weighted by atomic mass is 16.5. The van der Waals surface area contributed by atoms with Crippen LogP contribution < -0.4 is 20.5 Å². The molecule has 1 aromatic heterocycles. The van der Waals surface area contributed by atoms with Crippen molar-refractivity contribution in [2.75, 3.05) is 24.8 Å². The maximum Gasteiger partial charge on any atom is 0.162 e. The molecule has 5 rings (SSSR count). The van der Waals surface area contributed by atoms with E-state index < -0.39 is 0 Å². The van der Waals surface area contributed by atoms with Gasteiger partial charge in [-0.3, -0.25) is 0 Å². The molecule has 0 saturated heterocycles. The van der Waals surface area contributed by atoms with E-state index in [1.807, 2.05) is 49.4 Å². The summed E-state index contributed by atoms with van der Waals surface area (Å²) in [4.78, 5) is 9.91. The van der Waals surface area contributed by atoms with E-state index in [1.54, 1.807) is 13.2 Å². The zero-order chi connectivity index (χ0) is 26.6. The van der Waals surface area contributed by atoms with Gasteiger partial charge in [0.2, 0.25) is 0 Å². The molecule has 0 unspecified atom stereocenters. The highest BCUT2D eigenvalue weighted by molar-refractivity contribution is 5.95. The van der Waals surface area contributed by atoms with Gasteiger partial charge in [-0.25, -0.2) is 9.97 Å². The van der Waals surface area contributed by atoms with Crippen molar-refractivity contribution >= 4 is 34.3 Å². The number of aryl methyl sites for hydroxylation is 1. The first-order valence-electron chi connectivity index (χ1n) is 12.4. The molecule has 0 bridgehead atoms. The molecule has 38 heavy (non-hydrogen) atoms. The van der Waals surface area contributed by atoms with E-state index in [2.05, 4.69) is 42.6 Å². The van der Waals surface area contributed by atoms with Crippen molar-refractivity contribution in [2.24, 2.45) is 0 Å². The number of aromatic nitrogens is 2. The van der Waals surface area contributed by atoms with E-state index in [9.17, 15) is 0 Å². The topological polar surface area (TPSA) is 106 Å². The van der Waals surface area contributed by atoms with Crippen LogP contribution in [0.3, 0.4) is 0 Å². The van der Waals surface area contributed by atoms with Crippen LogP contribution in [-0.2, 0) is 0 Å². The second kappa shape index (κ2) is 10.6. The van der Waals surface area contributed by atoms with Crippen LogP contribution in [0.1, 0.15) is 18.1 Å². The van der Waals surface area contributed by atoms with Gasteiger partial charge >= 0.3 is 0 Å². The van der Waals surface area contributed by atoms with Crippen LogP contribution >= 0.6 is 0 Å². The fraction of sp³-hybridized carbons (Fsp3) is 0.129. The third-order valence-electron chi connectivity index (χ3n) is 6.23. The number of anilines is 3. The lowest BCUT2D eigenvalue weighted by molar-refractivity contribution is 0.311. The summed E-state index contributed by atoms with van der Waals surface area (Å²) in [5.41, 5.74) is 12.9. The number of benzene rings is 4. The Kier molecular flexibility index (Phi) is 6.91. The van der Waals surface area contributed by atoms with E-state index in [1.165, 1.54) is 6.21 Å². The first kappa shape index (κ1) is 24.8. The number of ether oxygens (including phenoxy) is 2. The molecule has 0 aliphatic rings. The lowest BCUT2D eigenvalue weighted by Crippen LogP contribution is -2.03. The Morgan fingerprint density at radius 2 is 1.68 bits per heavy atom. The Morgan fingerprint density at radius 1 is 0.895 bits per heavy atom. The Morgan fingerprint density at radius 3 is 2.42 bits per heavy atom. The standard InChI is InChI=1S/C31H29N5O2/c1-4-38-29-16-25-27(17-28(29)37-3)35-30(36-31(25)34-24-10-11-26(33)23(15-24)18-32)22-13-19(2)12-21(14-22)20-8-6-5-7-9-20/h5-18,32H,4,33H2,1-3H3,(H,34,35,36). The molecule has 0 fully saturated rings. The van der Waals surface area contributed by atoms with Crippen LogP contribution in [0.5, 0.6) is 11.5 Å². The van der Waals surface area contributed by atoms with Crippen LogP contribution in [0.2, 0.25) is 0 Å². The minimum Gasteiger partial charge on any atom is -0.493 e. The van der Waals surface area contributed by atoms with Crippen molar-refractivity contribution < 1.29 is 9.47 Å². The Hall–Kier alpha value is -4.91. The Labute approximate surface area is 221 Å². The van der Waals surface area contributed by atoms with Crippen LogP contribution in [0.25, 0.3) is 33.4 Å². The van der Waals surface area contributed by atoms with Crippen molar-refractivity contribution in [3.8, 4) is 34.0 Å². The summed E-state index contributed by atoms with van der Waals surface area (Å²) in [7, 11) is 1.62.